The molecule has 2 aliphatic rings. The lowest BCUT2D eigenvalue weighted by atomic mass is 9.69. The highest BCUT2D eigenvalue weighted by atomic mass is 16.2. The maximum atomic E-state index is 12.6. The molecule has 0 spiro atoms. The lowest BCUT2D eigenvalue weighted by Gasteiger charge is -2.47. The van der Waals surface area contributed by atoms with E-state index >= 15 is 0 Å². The molecule has 1 aliphatic carbocycles. The van der Waals surface area contributed by atoms with E-state index in [1.54, 1.807) is 0 Å². The number of carbonyl (C=O) groups excluding carboxylic acids is 2. The third-order valence-electron chi connectivity index (χ3n) is 4.69. The first-order chi connectivity index (χ1) is 8.88. The molecule has 1 heterocycles. The third-order valence-corrected chi connectivity index (χ3v) is 4.69. The van der Waals surface area contributed by atoms with Crippen LogP contribution in [0.2, 0.25) is 0 Å². The minimum Gasteiger partial charge on any atom is -0.342 e. The molecule has 1 saturated heterocycles. The molecule has 19 heavy (non-hydrogen) atoms. The Hall–Kier alpha value is -1.06. The largest absolute Gasteiger partial charge is 0.342 e. The van der Waals surface area contributed by atoms with Gasteiger partial charge in [0.25, 0.3) is 0 Å². The molecule has 108 valence electrons. The number of hydrogen-bond acceptors (Lipinski definition) is 2. The first-order valence-electron chi connectivity index (χ1n) is 7.49. The number of amides is 2. The molecule has 1 saturated carbocycles. The van der Waals surface area contributed by atoms with E-state index < -0.39 is 0 Å². The van der Waals surface area contributed by atoms with Gasteiger partial charge in [-0.2, -0.15) is 0 Å². The standard InChI is InChI=1S/C15H26N2O2/c1-5-11-13(18)16-12(10(2)3)14(19)17(11)9-15(4)7-6-8-15/h10-12H,5-9H2,1-4H3,(H,16,18). The molecule has 2 unspecified atom stereocenters. The lowest BCUT2D eigenvalue weighted by Crippen LogP contribution is -2.66. The van der Waals surface area contributed by atoms with Crippen LogP contribution in [0.25, 0.3) is 0 Å². The van der Waals surface area contributed by atoms with E-state index in [0.717, 1.165) is 6.54 Å². The predicted molar refractivity (Wildman–Crippen MR) is 74.5 cm³/mol. The first kappa shape index (κ1) is 14.4. The Morgan fingerprint density at radius 3 is 2.42 bits per heavy atom. The van der Waals surface area contributed by atoms with Crippen LogP contribution in [-0.4, -0.2) is 35.3 Å². The minimum atomic E-state index is -0.348. The fourth-order valence-corrected chi connectivity index (χ4v) is 3.18. The summed E-state index contributed by atoms with van der Waals surface area (Å²) in [5, 5.41) is 2.89. The van der Waals surface area contributed by atoms with Crippen molar-refractivity contribution in [2.45, 2.75) is 65.5 Å². The predicted octanol–water partition coefficient (Wildman–Crippen LogP) is 1.94. The van der Waals surface area contributed by atoms with Gasteiger partial charge >= 0.3 is 0 Å². The Morgan fingerprint density at radius 2 is 2.00 bits per heavy atom. The third kappa shape index (κ3) is 2.63. The van der Waals surface area contributed by atoms with Gasteiger partial charge in [0.1, 0.15) is 12.1 Å². The highest BCUT2D eigenvalue weighted by Crippen LogP contribution is 2.41. The highest BCUT2D eigenvalue weighted by molar-refractivity contribution is 5.97. The van der Waals surface area contributed by atoms with Crippen LogP contribution in [0.3, 0.4) is 0 Å². The summed E-state index contributed by atoms with van der Waals surface area (Å²) in [7, 11) is 0. The molecular weight excluding hydrogens is 240 g/mol. The zero-order chi connectivity index (χ0) is 14.2. The summed E-state index contributed by atoms with van der Waals surface area (Å²) in [4.78, 5) is 26.6. The van der Waals surface area contributed by atoms with Gasteiger partial charge in [0, 0.05) is 6.54 Å². The van der Waals surface area contributed by atoms with E-state index in [1.165, 1.54) is 19.3 Å². The van der Waals surface area contributed by atoms with Crippen LogP contribution in [0.4, 0.5) is 0 Å². The van der Waals surface area contributed by atoms with Gasteiger partial charge < -0.3 is 10.2 Å². The Kier molecular flexibility index (Phi) is 3.88. The normalized spacial score (nSPS) is 30.3. The molecule has 2 amide bonds. The summed E-state index contributed by atoms with van der Waals surface area (Å²) in [5.74, 6) is 0.268. The summed E-state index contributed by atoms with van der Waals surface area (Å²) >= 11 is 0. The molecule has 2 rings (SSSR count). The van der Waals surface area contributed by atoms with Crippen molar-refractivity contribution in [2.75, 3.05) is 6.54 Å². The Balaban J connectivity index is 2.18. The van der Waals surface area contributed by atoms with E-state index in [9.17, 15) is 9.59 Å². The maximum absolute atomic E-state index is 12.6. The number of carbonyl (C=O) groups is 2. The number of rotatable bonds is 4. The average Bonchev–Trinajstić information content (AvgIpc) is 2.31. The molecule has 2 fully saturated rings. The molecule has 0 bridgehead atoms. The van der Waals surface area contributed by atoms with Crippen molar-refractivity contribution in [2.24, 2.45) is 11.3 Å². The van der Waals surface area contributed by atoms with Gasteiger partial charge in [-0.25, -0.2) is 0 Å². The summed E-state index contributed by atoms with van der Waals surface area (Å²) < 4.78 is 0. The summed E-state index contributed by atoms with van der Waals surface area (Å²) in [5.41, 5.74) is 0.224. The number of hydrogen-bond donors (Lipinski definition) is 1. The fraction of sp³-hybridized carbons (Fsp3) is 0.867. The van der Waals surface area contributed by atoms with E-state index in [4.69, 9.17) is 0 Å². The SMILES string of the molecule is CCC1C(=O)NC(C(C)C)C(=O)N1CC1(C)CCC1. The Labute approximate surface area is 115 Å². The minimum absolute atomic E-state index is 0.0173. The second-order valence-corrected chi connectivity index (χ2v) is 6.78. The summed E-state index contributed by atoms with van der Waals surface area (Å²) in [6.07, 6.45) is 4.27. The molecule has 1 aliphatic heterocycles. The van der Waals surface area contributed by atoms with Crippen LogP contribution in [0.1, 0.15) is 53.4 Å². The Morgan fingerprint density at radius 1 is 1.37 bits per heavy atom. The smallest absolute Gasteiger partial charge is 0.246 e. The number of nitrogens with zero attached hydrogens (tertiary/aromatic N) is 1. The molecule has 1 N–H and O–H groups in total. The highest BCUT2D eigenvalue weighted by Gasteiger charge is 2.44. The van der Waals surface area contributed by atoms with Crippen LogP contribution in [0.5, 0.6) is 0 Å². The number of nitrogens with one attached hydrogen (secondary N) is 1. The van der Waals surface area contributed by atoms with Gasteiger partial charge in [-0.15, -0.1) is 0 Å². The maximum Gasteiger partial charge on any atom is 0.246 e. The van der Waals surface area contributed by atoms with Crippen molar-refractivity contribution in [3.05, 3.63) is 0 Å². The van der Waals surface area contributed by atoms with E-state index in [0.29, 0.717) is 6.42 Å². The molecule has 0 aromatic rings. The molecule has 4 nitrogen and oxygen atoms in total. The second kappa shape index (κ2) is 5.14. The molecular formula is C15H26N2O2. The van der Waals surface area contributed by atoms with Crippen LogP contribution < -0.4 is 5.32 Å². The summed E-state index contributed by atoms with van der Waals surface area (Å²) in [6, 6.07) is -0.626. The molecule has 0 aromatic carbocycles. The van der Waals surface area contributed by atoms with Crippen molar-refractivity contribution in [1.29, 1.82) is 0 Å². The van der Waals surface area contributed by atoms with E-state index in [1.807, 2.05) is 25.7 Å². The van der Waals surface area contributed by atoms with Gasteiger partial charge in [-0.1, -0.05) is 34.1 Å². The Bertz CT molecular complexity index is 374. The van der Waals surface area contributed by atoms with Crippen molar-refractivity contribution >= 4 is 11.8 Å². The quantitative estimate of drug-likeness (QED) is 0.845. The van der Waals surface area contributed by atoms with Gasteiger partial charge in [-0.05, 0) is 30.6 Å². The van der Waals surface area contributed by atoms with Crippen molar-refractivity contribution in [3.63, 3.8) is 0 Å². The van der Waals surface area contributed by atoms with Crippen LogP contribution in [0.15, 0.2) is 0 Å². The molecule has 0 aromatic heterocycles. The second-order valence-electron chi connectivity index (χ2n) is 6.78. The monoisotopic (exact) mass is 266 g/mol. The first-order valence-corrected chi connectivity index (χ1v) is 7.49. The lowest BCUT2D eigenvalue weighted by molar-refractivity contribution is -0.153. The number of piperazine rings is 1. The van der Waals surface area contributed by atoms with Crippen LogP contribution in [-0.2, 0) is 9.59 Å². The van der Waals surface area contributed by atoms with Crippen molar-refractivity contribution < 1.29 is 9.59 Å². The van der Waals surface area contributed by atoms with Gasteiger partial charge in [0.05, 0.1) is 0 Å². The average molecular weight is 266 g/mol. The van der Waals surface area contributed by atoms with E-state index in [2.05, 4.69) is 12.2 Å². The fourth-order valence-electron chi connectivity index (χ4n) is 3.18. The molecule has 0 radical (unpaired) electrons. The molecule has 2 atom stereocenters. The summed E-state index contributed by atoms with van der Waals surface area (Å²) in [6.45, 7) is 8.91. The van der Waals surface area contributed by atoms with Gasteiger partial charge in [0.15, 0.2) is 0 Å². The van der Waals surface area contributed by atoms with Crippen molar-refractivity contribution in [3.8, 4) is 0 Å². The van der Waals surface area contributed by atoms with Crippen molar-refractivity contribution in [1.82, 2.24) is 10.2 Å². The van der Waals surface area contributed by atoms with Crippen LogP contribution >= 0.6 is 0 Å². The molecule has 4 heteroatoms. The van der Waals surface area contributed by atoms with Gasteiger partial charge in [-0.3, -0.25) is 9.59 Å². The topological polar surface area (TPSA) is 49.4 Å². The van der Waals surface area contributed by atoms with E-state index in [-0.39, 0.29) is 35.2 Å². The van der Waals surface area contributed by atoms with Crippen LogP contribution in [0, 0.1) is 11.3 Å². The zero-order valence-electron chi connectivity index (χ0n) is 12.5. The zero-order valence-corrected chi connectivity index (χ0v) is 12.5. The van der Waals surface area contributed by atoms with Gasteiger partial charge in [0.2, 0.25) is 11.8 Å².